The molecule has 0 radical (unpaired) electrons. The lowest BCUT2D eigenvalue weighted by Crippen LogP contribution is -2.28. The van der Waals surface area contributed by atoms with E-state index in [1.54, 1.807) is 34.5 Å². The van der Waals surface area contributed by atoms with Crippen LogP contribution in [0, 0.1) is 0 Å². The highest BCUT2D eigenvalue weighted by molar-refractivity contribution is 6.18. The van der Waals surface area contributed by atoms with Crippen LogP contribution in [0.1, 0.15) is 20.7 Å². The Hall–Kier alpha value is -10.1. The predicted octanol–water partition coefficient (Wildman–Crippen LogP) is 16.1. The van der Waals surface area contributed by atoms with E-state index in [1.807, 2.05) is 206 Å². The van der Waals surface area contributed by atoms with Crippen molar-refractivity contribution in [1.82, 2.24) is 15.0 Å². The molecule has 0 aliphatic rings. The Kier molecular flexibility index (Phi) is 11.7. The fraction of sp³-hybridized carbons (Fsp3) is 0. The Balaban J connectivity index is 1.07. The quantitative estimate of drug-likeness (QED) is 0.128. The van der Waals surface area contributed by atoms with Crippen LogP contribution in [0.2, 0.25) is 0 Å². The van der Waals surface area contributed by atoms with Crippen LogP contribution in [0.5, 0.6) is 0 Å². The van der Waals surface area contributed by atoms with Gasteiger partial charge in [0, 0.05) is 85.5 Å². The smallest absolute Gasteiger partial charge is 0.262 e. The lowest BCUT2D eigenvalue weighted by Gasteiger charge is -2.26. The second kappa shape index (κ2) is 19.4. The summed E-state index contributed by atoms with van der Waals surface area (Å²) in [5.41, 5.74) is 13.3. The summed E-state index contributed by atoms with van der Waals surface area (Å²) in [6, 6.07) is 78.1. The van der Waals surface area contributed by atoms with Gasteiger partial charge in [-0.25, -0.2) is 0 Å². The number of carbonyl (C=O) groups is 2. The zero-order valence-corrected chi connectivity index (χ0v) is 39.3. The number of anilines is 4. The van der Waals surface area contributed by atoms with Gasteiger partial charge in [0.15, 0.2) is 0 Å². The minimum Gasteiger partial charge on any atom is -0.456 e. The number of amides is 2. The molecule has 8 nitrogen and oxygen atoms in total. The van der Waals surface area contributed by atoms with Crippen molar-refractivity contribution in [3.63, 3.8) is 0 Å². The number of fused-ring (bicyclic) bond motifs is 3. The van der Waals surface area contributed by atoms with Crippen LogP contribution in [0.25, 0.3) is 78.0 Å². The van der Waals surface area contributed by atoms with Gasteiger partial charge in [0.1, 0.15) is 11.2 Å². The first kappa shape index (κ1) is 44.2. The van der Waals surface area contributed by atoms with Gasteiger partial charge < -0.3 is 4.42 Å². The van der Waals surface area contributed by atoms with Crippen molar-refractivity contribution in [1.29, 1.82) is 0 Å². The Bertz CT molecular complexity index is 3750. The molecule has 0 saturated heterocycles. The first-order valence-corrected chi connectivity index (χ1v) is 24.0. The lowest BCUT2D eigenvalue weighted by atomic mass is 9.88. The number of rotatable bonds is 11. The summed E-state index contributed by atoms with van der Waals surface area (Å²) in [7, 11) is 0. The van der Waals surface area contributed by atoms with Crippen LogP contribution in [-0.2, 0) is 0 Å². The van der Waals surface area contributed by atoms with E-state index in [0.29, 0.717) is 45.0 Å². The maximum atomic E-state index is 15.8. The average molecular weight is 942 g/mol. The molecule has 0 bridgehead atoms. The van der Waals surface area contributed by atoms with Crippen LogP contribution in [0.3, 0.4) is 0 Å². The fourth-order valence-electron chi connectivity index (χ4n) is 9.54. The minimum absolute atomic E-state index is 0.311. The van der Waals surface area contributed by atoms with Gasteiger partial charge in [-0.1, -0.05) is 127 Å². The topological polar surface area (TPSA) is 92.4 Å². The first-order valence-electron chi connectivity index (χ1n) is 24.0. The number of para-hydroxylation sites is 3. The van der Waals surface area contributed by atoms with Crippen LogP contribution in [0.15, 0.2) is 266 Å². The van der Waals surface area contributed by atoms with Crippen molar-refractivity contribution in [3.8, 4) is 56.0 Å². The molecular formula is C65H43N5O3. The molecule has 4 heterocycles. The first-order chi connectivity index (χ1) is 36.0. The largest absolute Gasteiger partial charge is 0.456 e. The molecule has 0 fully saturated rings. The van der Waals surface area contributed by atoms with E-state index >= 15 is 9.59 Å². The third kappa shape index (κ3) is 8.70. The number of nitrogens with zero attached hydrogens (tertiary/aromatic N) is 5. The molecule has 0 atom stereocenters. The molecule has 4 aromatic heterocycles. The highest BCUT2D eigenvalue weighted by Gasteiger charge is 2.27. The van der Waals surface area contributed by atoms with Gasteiger partial charge in [-0.3, -0.25) is 34.3 Å². The highest BCUT2D eigenvalue weighted by atomic mass is 16.3. The molecule has 0 aliphatic heterocycles. The summed E-state index contributed by atoms with van der Waals surface area (Å²) in [6.45, 7) is 0. The highest BCUT2D eigenvalue weighted by Crippen LogP contribution is 2.44. The maximum absolute atomic E-state index is 15.8. The van der Waals surface area contributed by atoms with E-state index in [-0.39, 0.29) is 11.8 Å². The summed E-state index contributed by atoms with van der Waals surface area (Å²) < 4.78 is 6.52. The fourth-order valence-corrected chi connectivity index (χ4v) is 9.54. The molecule has 346 valence electrons. The molecule has 8 heteroatoms. The van der Waals surface area contributed by atoms with Crippen molar-refractivity contribution < 1.29 is 14.0 Å². The molecule has 0 spiro atoms. The summed E-state index contributed by atoms with van der Waals surface area (Å²) >= 11 is 0. The van der Waals surface area contributed by atoms with Crippen molar-refractivity contribution in [2.24, 2.45) is 0 Å². The number of furan rings is 1. The Morgan fingerprint density at radius 3 is 1.22 bits per heavy atom. The van der Waals surface area contributed by atoms with Crippen LogP contribution in [-0.4, -0.2) is 26.8 Å². The molecule has 0 saturated carbocycles. The number of aromatic nitrogens is 3. The molecule has 8 aromatic carbocycles. The zero-order chi connectivity index (χ0) is 49.1. The maximum Gasteiger partial charge on any atom is 0.262 e. The van der Waals surface area contributed by atoms with Crippen LogP contribution in [0.4, 0.5) is 22.7 Å². The molecule has 12 rings (SSSR count). The lowest BCUT2D eigenvalue weighted by molar-refractivity contribution is 0.0998. The van der Waals surface area contributed by atoms with Crippen LogP contribution < -0.4 is 9.80 Å². The van der Waals surface area contributed by atoms with Crippen molar-refractivity contribution in [3.05, 3.63) is 272 Å². The SMILES string of the molecule is O=C(c1cc(C(=O)N(c2ccccc2)c2ccc(-c3ccccn3)cc2)cc(-c2ccc3oc4ccccc4c3c2-c2ccc(-c3ccccn3)cc2)c1)N(c1ccccc1)c1ccc(-c2ccccn2)cc1. The molecule has 0 aliphatic carbocycles. The van der Waals surface area contributed by atoms with E-state index in [1.165, 1.54) is 0 Å². The van der Waals surface area contributed by atoms with Crippen molar-refractivity contribution >= 4 is 56.5 Å². The van der Waals surface area contributed by atoms with E-state index in [4.69, 9.17) is 4.42 Å². The molecular weight excluding hydrogens is 899 g/mol. The van der Waals surface area contributed by atoms with Crippen LogP contribution >= 0.6 is 0 Å². The molecule has 73 heavy (non-hydrogen) atoms. The second-order valence-corrected chi connectivity index (χ2v) is 17.5. The average Bonchev–Trinajstić information content (AvgIpc) is 3.85. The Morgan fingerprint density at radius 2 is 0.753 bits per heavy atom. The Labute approximate surface area is 421 Å². The third-order valence-electron chi connectivity index (χ3n) is 13.0. The summed E-state index contributed by atoms with van der Waals surface area (Å²) in [5, 5.41) is 1.86. The summed E-state index contributed by atoms with van der Waals surface area (Å²) in [4.78, 5) is 48.7. The van der Waals surface area contributed by atoms with Gasteiger partial charge in [0.05, 0.1) is 17.1 Å². The van der Waals surface area contributed by atoms with Gasteiger partial charge in [-0.15, -0.1) is 0 Å². The Morgan fingerprint density at radius 1 is 0.342 bits per heavy atom. The van der Waals surface area contributed by atoms with Gasteiger partial charge in [-0.05, 0) is 132 Å². The second-order valence-electron chi connectivity index (χ2n) is 17.5. The summed E-state index contributed by atoms with van der Waals surface area (Å²) in [5.74, 6) is -0.649. The van der Waals surface area contributed by atoms with E-state index in [9.17, 15) is 0 Å². The zero-order valence-electron chi connectivity index (χ0n) is 39.3. The molecule has 0 N–H and O–H groups in total. The van der Waals surface area contributed by atoms with Crippen molar-refractivity contribution in [2.75, 3.05) is 9.80 Å². The number of hydrogen-bond acceptors (Lipinski definition) is 6. The van der Waals surface area contributed by atoms with E-state index in [0.717, 1.165) is 66.8 Å². The third-order valence-corrected chi connectivity index (χ3v) is 13.0. The number of benzene rings is 8. The van der Waals surface area contributed by atoms with Gasteiger partial charge >= 0.3 is 0 Å². The van der Waals surface area contributed by atoms with Gasteiger partial charge in [0.2, 0.25) is 0 Å². The van der Waals surface area contributed by atoms with Crippen molar-refractivity contribution in [2.45, 2.75) is 0 Å². The minimum atomic E-state index is -0.324. The van der Waals surface area contributed by atoms with Gasteiger partial charge in [-0.2, -0.15) is 0 Å². The monoisotopic (exact) mass is 941 g/mol. The number of carbonyl (C=O) groups excluding carboxylic acids is 2. The standard InChI is InChI=1S/C65H43N5O3/c71-64(69(51-15-3-1-4-16-51)53-32-28-45(29-33-53)58-21-10-13-39-67-58)49-41-48(42-50(43-49)65(72)70(52-17-5-2-6-18-52)54-34-30-46(31-35-54)59-22-11-14-40-68-59)55-36-37-61-63(56-19-7-8-23-60(56)73-61)62(55)47-26-24-44(25-27-47)57-20-9-12-38-66-57/h1-43H. The van der Waals surface area contributed by atoms with Gasteiger partial charge in [0.25, 0.3) is 11.8 Å². The van der Waals surface area contributed by atoms with E-state index < -0.39 is 0 Å². The predicted molar refractivity (Wildman–Crippen MR) is 293 cm³/mol. The number of pyridine rings is 3. The molecule has 2 amide bonds. The molecule has 0 unspecified atom stereocenters. The number of hydrogen-bond donors (Lipinski definition) is 0. The summed E-state index contributed by atoms with van der Waals surface area (Å²) in [6.07, 6.45) is 5.32. The van der Waals surface area contributed by atoms with E-state index in [2.05, 4.69) is 45.3 Å². The normalized spacial score (nSPS) is 11.1. The molecule has 12 aromatic rings.